The summed E-state index contributed by atoms with van der Waals surface area (Å²) in [5, 5.41) is 23.2. The maximum atomic E-state index is 12.2. The first-order valence-corrected chi connectivity index (χ1v) is 13.6. The van der Waals surface area contributed by atoms with Crippen LogP contribution in [0.2, 0.25) is 0 Å². The maximum Gasteiger partial charge on any atom is 0.165 e. The summed E-state index contributed by atoms with van der Waals surface area (Å²) in [6.07, 6.45) is 7.64. The monoisotopic (exact) mass is 503 g/mol. The van der Waals surface area contributed by atoms with E-state index in [-0.39, 0.29) is 46.4 Å². The Morgan fingerprint density at radius 1 is 1.14 bits per heavy atom. The number of rotatable bonds is 4. The lowest BCUT2D eigenvalue weighted by Crippen LogP contribution is -2.83. The van der Waals surface area contributed by atoms with Crippen LogP contribution >= 0.6 is 12.4 Å². The summed E-state index contributed by atoms with van der Waals surface area (Å²) in [6.45, 7) is 10.8. The molecule has 5 unspecified atom stereocenters. The molecule has 2 heterocycles. The molecule has 5 aliphatic carbocycles. The Labute approximate surface area is 216 Å². The Hall–Kier alpha value is -1.01. The Balaban J connectivity index is 0.00000229. The van der Waals surface area contributed by atoms with Crippen molar-refractivity contribution >= 4 is 12.4 Å². The molecule has 7 atom stereocenters. The van der Waals surface area contributed by atoms with Gasteiger partial charge in [0.05, 0.1) is 5.60 Å². The Kier molecular flexibility index (Phi) is 4.93. The topological polar surface area (TPSA) is 62.2 Å². The summed E-state index contributed by atoms with van der Waals surface area (Å²) < 4.78 is 13.5. The summed E-state index contributed by atoms with van der Waals surface area (Å²) in [4.78, 5) is 2.82. The number of likely N-dealkylation sites (tertiary alicyclic amines) is 1. The molecule has 194 valence electrons. The minimum absolute atomic E-state index is 0. The molecule has 2 spiro atoms. The number of nitrogens with zero attached hydrogens (tertiary/aromatic N) is 1. The number of fused-ring (bicyclic) bond motifs is 2. The van der Waals surface area contributed by atoms with Gasteiger partial charge in [-0.1, -0.05) is 26.8 Å². The summed E-state index contributed by atoms with van der Waals surface area (Å²) in [5.74, 6) is 1.80. The van der Waals surface area contributed by atoms with Gasteiger partial charge in [0.1, 0.15) is 11.7 Å². The standard InChI is InChI=1S/C29H41NO4.ClH/c1-25(2,3)26(4,32)20-15-27-10-11-29(20,33-5)24-28(27)12-13-30(16-17-6-7-17)21(27)14-18-8-9-19(31)23(34-24)22(18)28;/h8-9,17,20-21,24,31-32H,6-7,10-16H2,1-5H3;1H/t20?,21-,24?,26?,27?,28+,29?;/m1./s1. The minimum Gasteiger partial charge on any atom is -0.504 e. The Bertz CT molecular complexity index is 1060. The molecule has 0 radical (unpaired) electrons. The van der Waals surface area contributed by atoms with Crippen LogP contribution in [0.3, 0.4) is 0 Å². The lowest BCUT2D eigenvalue weighted by molar-refractivity contribution is -0.312. The zero-order chi connectivity index (χ0) is 23.9. The number of hydrogen-bond donors (Lipinski definition) is 2. The van der Waals surface area contributed by atoms with E-state index in [1.807, 2.05) is 20.1 Å². The van der Waals surface area contributed by atoms with Gasteiger partial charge < -0.3 is 19.7 Å². The van der Waals surface area contributed by atoms with Gasteiger partial charge >= 0.3 is 0 Å². The van der Waals surface area contributed by atoms with E-state index in [2.05, 4.69) is 31.7 Å². The number of phenolic OH excluding ortho intramolecular Hbond substituents is 1. The van der Waals surface area contributed by atoms with Crippen molar-refractivity contribution in [3.63, 3.8) is 0 Å². The number of aromatic hydroxyl groups is 1. The van der Waals surface area contributed by atoms with E-state index in [9.17, 15) is 10.2 Å². The number of phenols is 1. The molecule has 0 aromatic heterocycles. The highest BCUT2D eigenvalue weighted by Crippen LogP contribution is 2.78. The van der Waals surface area contributed by atoms with Crippen LogP contribution in [-0.2, 0) is 16.6 Å². The maximum absolute atomic E-state index is 12.2. The number of piperidine rings is 1. The average Bonchev–Trinajstić information content (AvgIpc) is 3.53. The van der Waals surface area contributed by atoms with Crippen molar-refractivity contribution in [2.24, 2.45) is 22.7 Å². The number of halogens is 1. The van der Waals surface area contributed by atoms with Crippen molar-refractivity contribution in [2.75, 3.05) is 20.2 Å². The molecule has 7 aliphatic rings. The molecule has 5 fully saturated rings. The van der Waals surface area contributed by atoms with Crippen LogP contribution in [0.1, 0.15) is 77.3 Å². The van der Waals surface area contributed by atoms with E-state index >= 15 is 0 Å². The van der Waals surface area contributed by atoms with E-state index in [1.165, 1.54) is 30.5 Å². The fourth-order valence-electron chi connectivity index (χ4n) is 9.58. The molecule has 1 aromatic carbocycles. The largest absolute Gasteiger partial charge is 0.504 e. The van der Waals surface area contributed by atoms with Crippen molar-refractivity contribution in [1.82, 2.24) is 4.90 Å². The van der Waals surface area contributed by atoms with Crippen LogP contribution in [0, 0.1) is 22.7 Å². The molecule has 2 N–H and O–H groups in total. The molecule has 1 saturated heterocycles. The van der Waals surface area contributed by atoms with Gasteiger partial charge in [-0.2, -0.15) is 0 Å². The zero-order valence-electron chi connectivity index (χ0n) is 21.9. The molecule has 35 heavy (non-hydrogen) atoms. The van der Waals surface area contributed by atoms with E-state index in [0.717, 1.165) is 44.6 Å². The van der Waals surface area contributed by atoms with Gasteiger partial charge in [0.25, 0.3) is 0 Å². The quantitative estimate of drug-likeness (QED) is 0.616. The van der Waals surface area contributed by atoms with Crippen LogP contribution in [0.15, 0.2) is 12.1 Å². The molecule has 4 saturated carbocycles. The Morgan fingerprint density at radius 3 is 2.54 bits per heavy atom. The summed E-state index contributed by atoms with van der Waals surface area (Å²) in [5.41, 5.74) is 0.783. The molecular weight excluding hydrogens is 462 g/mol. The normalized spacial score (nSPS) is 42.6. The lowest BCUT2D eigenvalue weighted by atomic mass is 9.33. The first-order valence-electron chi connectivity index (χ1n) is 13.6. The summed E-state index contributed by atoms with van der Waals surface area (Å²) >= 11 is 0. The van der Waals surface area contributed by atoms with Crippen molar-refractivity contribution in [3.05, 3.63) is 23.3 Å². The van der Waals surface area contributed by atoms with Gasteiger partial charge in [0, 0.05) is 42.0 Å². The highest BCUT2D eigenvalue weighted by molar-refractivity contribution is 5.85. The van der Waals surface area contributed by atoms with Crippen LogP contribution < -0.4 is 4.74 Å². The molecule has 8 rings (SSSR count). The molecule has 5 nitrogen and oxygen atoms in total. The minimum atomic E-state index is -0.909. The molecule has 0 amide bonds. The van der Waals surface area contributed by atoms with Crippen LogP contribution in [-0.4, -0.2) is 58.7 Å². The fourth-order valence-corrected chi connectivity index (χ4v) is 9.58. The second kappa shape index (κ2) is 7.09. The van der Waals surface area contributed by atoms with E-state index in [1.54, 1.807) is 0 Å². The number of methoxy groups -OCH3 is 1. The predicted octanol–water partition coefficient (Wildman–Crippen LogP) is 4.84. The van der Waals surface area contributed by atoms with Crippen LogP contribution in [0.25, 0.3) is 0 Å². The zero-order valence-corrected chi connectivity index (χ0v) is 22.7. The average molecular weight is 504 g/mol. The number of ether oxygens (including phenoxy) is 2. The van der Waals surface area contributed by atoms with Gasteiger partial charge in [0.2, 0.25) is 0 Å². The summed E-state index contributed by atoms with van der Waals surface area (Å²) in [7, 11) is 1.83. The van der Waals surface area contributed by atoms with Gasteiger partial charge in [-0.05, 0) is 81.4 Å². The number of aliphatic hydroxyl groups is 1. The van der Waals surface area contributed by atoms with E-state index in [4.69, 9.17) is 9.47 Å². The number of benzene rings is 1. The van der Waals surface area contributed by atoms with Crippen LogP contribution in [0.5, 0.6) is 11.5 Å². The van der Waals surface area contributed by atoms with Crippen molar-refractivity contribution in [1.29, 1.82) is 0 Å². The predicted molar refractivity (Wildman–Crippen MR) is 137 cm³/mol. The van der Waals surface area contributed by atoms with Crippen molar-refractivity contribution in [2.45, 2.75) is 101 Å². The van der Waals surface area contributed by atoms with E-state index in [0.29, 0.717) is 11.8 Å². The molecular formula is C29H42ClNO4. The fraction of sp³-hybridized carbons (Fsp3) is 0.793. The third kappa shape index (κ3) is 2.62. The SMILES string of the molecule is COC12CCC3(CC1C(C)(O)C(C)(C)C)[C@H]1Cc4ccc(O)c5c4[C@@]3(CCN1CC1CC1)C2O5.Cl. The third-order valence-electron chi connectivity index (χ3n) is 11.9. The van der Waals surface area contributed by atoms with Crippen molar-refractivity contribution in [3.8, 4) is 11.5 Å². The third-order valence-corrected chi connectivity index (χ3v) is 11.9. The van der Waals surface area contributed by atoms with Gasteiger partial charge in [-0.25, -0.2) is 0 Å². The highest BCUT2D eigenvalue weighted by Gasteiger charge is 2.82. The van der Waals surface area contributed by atoms with Gasteiger partial charge in [0.15, 0.2) is 11.5 Å². The first kappa shape index (κ1) is 24.3. The smallest absolute Gasteiger partial charge is 0.165 e. The Morgan fingerprint density at radius 2 is 1.89 bits per heavy atom. The lowest BCUT2D eigenvalue weighted by Gasteiger charge is -2.75. The number of hydrogen-bond acceptors (Lipinski definition) is 5. The van der Waals surface area contributed by atoms with Gasteiger partial charge in [-0.3, -0.25) is 4.90 Å². The van der Waals surface area contributed by atoms with Crippen molar-refractivity contribution < 1.29 is 19.7 Å². The molecule has 2 aliphatic heterocycles. The second-order valence-electron chi connectivity index (χ2n) is 13.8. The highest BCUT2D eigenvalue weighted by atomic mass is 35.5. The summed E-state index contributed by atoms with van der Waals surface area (Å²) in [6, 6.07) is 4.46. The van der Waals surface area contributed by atoms with Gasteiger partial charge in [-0.15, -0.1) is 12.4 Å². The molecule has 1 aromatic rings. The second-order valence-corrected chi connectivity index (χ2v) is 13.8. The van der Waals surface area contributed by atoms with Crippen LogP contribution in [0.4, 0.5) is 0 Å². The molecule has 6 heteroatoms. The molecule has 4 bridgehead atoms. The van der Waals surface area contributed by atoms with E-state index < -0.39 is 11.2 Å². The first-order chi connectivity index (χ1) is 16.0.